The van der Waals surface area contributed by atoms with Gasteiger partial charge in [-0.2, -0.15) is 0 Å². The van der Waals surface area contributed by atoms with Gasteiger partial charge in [-0.05, 0) is 17.9 Å². The van der Waals surface area contributed by atoms with E-state index >= 15 is 0 Å². The highest BCUT2D eigenvalue weighted by atomic mass is 35.5. The highest BCUT2D eigenvalue weighted by Gasteiger charge is 2.26. The molecule has 0 aromatic heterocycles. The molecule has 0 aliphatic rings. The van der Waals surface area contributed by atoms with Crippen LogP contribution >= 0.6 is 23.2 Å². The summed E-state index contributed by atoms with van der Waals surface area (Å²) in [6.07, 6.45) is 0.611. The van der Waals surface area contributed by atoms with Crippen molar-refractivity contribution in [2.24, 2.45) is 5.41 Å². The van der Waals surface area contributed by atoms with E-state index in [4.69, 9.17) is 23.2 Å². The van der Waals surface area contributed by atoms with Gasteiger partial charge in [0, 0.05) is 34.6 Å². The summed E-state index contributed by atoms with van der Waals surface area (Å²) in [4.78, 5) is 22.5. The van der Waals surface area contributed by atoms with E-state index in [1.54, 1.807) is 0 Å². The lowest BCUT2D eigenvalue weighted by Gasteiger charge is -2.31. The van der Waals surface area contributed by atoms with Crippen LogP contribution in [-0.4, -0.2) is 22.8 Å². The van der Waals surface area contributed by atoms with Crippen LogP contribution in [-0.2, 0) is 0 Å². The number of nitro benzene ring substituents is 1. The molecule has 1 aromatic rings. The number of nitrogens with one attached hydrogen (secondary N) is 1. The molecule has 21 heavy (non-hydrogen) atoms. The molecule has 1 atom stereocenters. The van der Waals surface area contributed by atoms with Gasteiger partial charge in [-0.15, -0.1) is 11.6 Å². The van der Waals surface area contributed by atoms with E-state index in [9.17, 15) is 14.9 Å². The number of benzene rings is 1. The molecule has 0 saturated heterocycles. The molecule has 0 aliphatic heterocycles. The van der Waals surface area contributed by atoms with Crippen LogP contribution in [0.15, 0.2) is 18.2 Å². The number of hydrogen-bond acceptors (Lipinski definition) is 3. The van der Waals surface area contributed by atoms with Crippen molar-refractivity contribution >= 4 is 34.8 Å². The summed E-state index contributed by atoms with van der Waals surface area (Å²) in [6.45, 7) is 5.97. The molecule has 1 amide bonds. The maximum absolute atomic E-state index is 12.3. The number of nitro groups is 1. The Bertz CT molecular complexity index is 542. The van der Waals surface area contributed by atoms with E-state index in [2.05, 4.69) is 5.32 Å². The second-order valence-corrected chi connectivity index (χ2v) is 6.64. The number of alkyl halides is 1. The lowest BCUT2D eigenvalue weighted by molar-refractivity contribution is -0.384. The standard InChI is InChI=1S/C14H18Cl2N2O3/c1-14(2,3)12(4-5-15)17-13(19)9-6-10(16)8-11(7-9)18(20)21/h6-8,12H,4-5H2,1-3H3,(H,17,19). The summed E-state index contributed by atoms with van der Waals surface area (Å²) in [5.74, 6) is 0.0170. The number of hydrogen-bond donors (Lipinski definition) is 1. The van der Waals surface area contributed by atoms with Crippen LogP contribution in [0.3, 0.4) is 0 Å². The van der Waals surface area contributed by atoms with Gasteiger partial charge in [-0.1, -0.05) is 32.4 Å². The molecule has 0 fully saturated rings. The summed E-state index contributed by atoms with van der Waals surface area (Å²) in [5, 5.41) is 13.8. The van der Waals surface area contributed by atoms with E-state index in [0.717, 1.165) is 0 Å². The Hall–Kier alpha value is -1.33. The average molecular weight is 333 g/mol. The van der Waals surface area contributed by atoms with E-state index in [1.807, 2.05) is 20.8 Å². The third-order valence-electron chi connectivity index (χ3n) is 3.10. The molecule has 0 aliphatic carbocycles. The highest BCUT2D eigenvalue weighted by molar-refractivity contribution is 6.31. The van der Waals surface area contributed by atoms with Gasteiger partial charge in [-0.25, -0.2) is 0 Å². The van der Waals surface area contributed by atoms with Gasteiger partial charge in [-0.3, -0.25) is 14.9 Å². The zero-order chi connectivity index (χ0) is 16.2. The topological polar surface area (TPSA) is 72.2 Å². The smallest absolute Gasteiger partial charge is 0.271 e. The summed E-state index contributed by atoms with van der Waals surface area (Å²) in [6, 6.07) is 3.69. The molecule has 1 unspecified atom stereocenters. The van der Waals surface area contributed by atoms with Gasteiger partial charge in [0.25, 0.3) is 11.6 Å². The molecule has 116 valence electrons. The quantitative estimate of drug-likeness (QED) is 0.502. The number of carbonyl (C=O) groups is 1. The fourth-order valence-electron chi connectivity index (χ4n) is 1.88. The summed E-state index contributed by atoms with van der Waals surface area (Å²) < 4.78 is 0. The van der Waals surface area contributed by atoms with E-state index < -0.39 is 10.8 Å². The largest absolute Gasteiger partial charge is 0.349 e. The third-order valence-corrected chi connectivity index (χ3v) is 3.54. The molecule has 0 radical (unpaired) electrons. The molecule has 1 aromatic carbocycles. The summed E-state index contributed by atoms with van der Waals surface area (Å²) in [5.41, 5.74) is -0.218. The van der Waals surface area contributed by atoms with Crippen molar-refractivity contribution in [3.63, 3.8) is 0 Å². The Morgan fingerprint density at radius 2 is 2.00 bits per heavy atom. The van der Waals surface area contributed by atoms with Crippen LogP contribution in [0, 0.1) is 15.5 Å². The monoisotopic (exact) mass is 332 g/mol. The molecule has 5 nitrogen and oxygen atoms in total. The molecular formula is C14H18Cl2N2O3. The first kappa shape index (κ1) is 17.7. The fourth-order valence-corrected chi connectivity index (χ4v) is 2.33. The first-order valence-corrected chi connectivity index (χ1v) is 7.38. The Labute approximate surface area is 133 Å². The molecule has 0 spiro atoms. The Balaban J connectivity index is 3.00. The van der Waals surface area contributed by atoms with Gasteiger partial charge in [0.1, 0.15) is 0 Å². The first-order chi connectivity index (χ1) is 9.65. The number of halogens is 2. The van der Waals surface area contributed by atoms with Crippen LogP contribution < -0.4 is 5.32 Å². The number of rotatable bonds is 5. The minimum atomic E-state index is -0.581. The van der Waals surface area contributed by atoms with Crippen molar-refractivity contribution < 1.29 is 9.72 Å². The van der Waals surface area contributed by atoms with Crippen molar-refractivity contribution in [1.82, 2.24) is 5.32 Å². The molecule has 0 saturated carbocycles. The Morgan fingerprint density at radius 1 is 1.38 bits per heavy atom. The van der Waals surface area contributed by atoms with Crippen LogP contribution in [0.2, 0.25) is 5.02 Å². The zero-order valence-corrected chi connectivity index (χ0v) is 13.7. The average Bonchev–Trinajstić information content (AvgIpc) is 2.36. The SMILES string of the molecule is CC(C)(C)C(CCCl)NC(=O)c1cc(Cl)cc([N+](=O)[O-])c1. The molecule has 1 N–H and O–H groups in total. The van der Waals surface area contributed by atoms with E-state index in [-0.39, 0.29) is 27.7 Å². The maximum atomic E-state index is 12.3. The summed E-state index contributed by atoms with van der Waals surface area (Å²) in [7, 11) is 0. The Kier molecular flexibility index (Phi) is 5.98. The lowest BCUT2D eigenvalue weighted by atomic mass is 9.85. The predicted octanol–water partition coefficient (Wildman–Crippen LogP) is 4.02. The predicted molar refractivity (Wildman–Crippen MR) is 84.2 cm³/mol. The maximum Gasteiger partial charge on any atom is 0.271 e. The number of amides is 1. The molecule has 7 heteroatoms. The zero-order valence-electron chi connectivity index (χ0n) is 12.2. The van der Waals surface area contributed by atoms with Crippen LogP contribution in [0.1, 0.15) is 37.6 Å². The van der Waals surface area contributed by atoms with E-state index in [1.165, 1.54) is 18.2 Å². The van der Waals surface area contributed by atoms with Gasteiger partial charge >= 0.3 is 0 Å². The van der Waals surface area contributed by atoms with Crippen molar-refractivity contribution in [3.8, 4) is 0 Å². The normalized spacial score (nSPS) is 12.8. The third kappa shape index (κ3) is 5.17. The molecule has 0 bridgehead atoms. The van der Waals surface area contributed by atoms with Crippen molar-refractivity contribution in [3.05, 3.63) is 38.9 Å². The molecular weight excluding hydrogens is 315 g/mol. The van der Waals surface area contributed by atoms with E-state index in [0.29, 0.717) is 12.3 Å². The minimum Gasteiger partial charge on any atom is -0.349 e. The molecule has 0 heterocycles. The Morgan fingerprint density at radius 3 is 2.48 bits per heavy atom. The number of carbonyl (C=O) groups excluding carboxylic acids is 1. The van der Waals surface area contributed by atoms with Crippen LogP contribution in [0.5, 0.6) is 0 Å². The number of nitrogens with zero attached hydrogens (tertiary/aromatic N) is 1. The van der Waals surface area contributed by atoms with Crippen molar-refractivity contribution in [2.75, 3.05) is 5.88 Å². The second kappa shape index (κ2) is 7.09. The van der Waals surface area contributed by atoms with Crippen LogP contribution in [0.4, 0.5) is 5.69 Å². The first-order valence-electron chi connectivity index (χ1n) is 6.47. The van der Waals surface area contributed by atoms with Crippen LogP contribution in [0.25, 0.3) is 0 Å². The lowest BCUT2D eigenvalue weighted by Crippen LogP contribution is -2.44. The van der Waals surface area contributed by atoms with Gasteiger partial charge in [0.2, 0.25) is 0 Å². The number of non-ortho nitro benzene ring substituents is 1. The fraction of sp³-hybridized carbons (Fsp3) is 0.500. The minimum absolute atomic E-state index is 0.138. The second-order valence-electron chi connectivity index (χ2n) is 5.82. The van der Waals surface area contributed by atoms with Gasteiger partial charge in [0.15, 0.2) is 0 Å². The summed E-state index contributed by atoms with van der Waals surface area (Å²) >= 11 is 11.6. The van der Waals surface area contributed by atoms with Gasteiger partial charge in [0.05, 0.1) is 4.92 Å². The van der Waals surface area contributed by atoms with Crippen molar-refractivity contribution in [2.45, 2.75) is 33.2 Å². The van der Waals surface area contributed by atoms with Crippen molar-refractivity contribution in [1.29, 1.82) is 0 Å². The molecule has 1 rings (SSSR count). The van der Waals surface area contributed by atoms with Gasteiger partial charge < -0.3 is 5.32 Å². The highest BCUT2D eigenvalue weighted by Crippen LogP contribution is 2.24.